The van der Waals surface area contributed by atoms with Gasteiger partial charge in [-0.15, -0.1) is 0 Å². The highest BCUT2D eigenvalue weighted by atomic mass is 16.4. The Balaban J connectivity index is 1.86. The highest BCUT2D eigenvalue weighted by Gasteiger charge is 2.26. The first-order valence-electron chi connectivity index (χ1n) is 9.26. The maximum atomic E-state index is 12.6. The minimum Gasteiger partial charge on any atom is -0.424 e. The number of likely N-dealkylation sites (N-methyl/N-ethyl adjacent to an activating group) is 1. The van der Waals surface area contributed by atoms with E-state index in [0.717, 1.165) is 0 Å². The summed E-state index contributed by atoms with van der Waals surface area (Å²) in [6, 6.07) is 2.12. The van der Waals surface area contributed by atoms with E-state index in [4.69, 9.17) is 9.68 Å². The molecule has 1 aliphatic heterocycles. The van der Waals surface area contributed by atoms with Gasteiger partial charge in [0.1, 0.15) is 6.07 Å². The van der Waals surface area contributed by atoms with Crippen LogP contribution >= 0.6 is 0 Å². The number of aryl methyl sites for hydroxylation is 1. The number of hydrogen-bond donors (Lipinski definition) is 1. The fraction of sp³-hybridized carbons (Fsp3) is 0.667. The number of aromatic nitrogens is 1. The van der Waals surface area contributed by atoms with Crippen molar-refractivity contribution in [3.8, 4) is 6.07 Å². The van der Waals surface area contributed by atoms with E-state index in [1.807, 2.05) is 36.6 Å². The lowest BCUT2D eigenvalue weighted by Gasteiger charge is -2.35. The topological polar surface area (TPSA) is 106 Å². The van der Waals surface area contributed by atoms with Crippen LogP contribution in [-0.2, 0) is 9.59 Å². The van der Waals surface area contributed by atoms with Gasteiger partial charge in [0, 0.05) is 39.1 Å². The standard InChI is InChI=1S/C18H28N6O3/c1-5-22(11-16(25)20-13(2)3)12-17(26)23-6-8-24(9-7-23)18-15(10-19)21-14(4)27-18/h13H,5-9,11-12H2,1-4H3,(H,20,25). The van der Waals surface area contributed by atoms with Gasteiger partial charge in [0.15, 0.2) is 5.89 Å². The summed E-state index contributed by atoms with van der Waals surface area (Å²) < 4.78 is 5.53. The molecule has 0 atom stereocenters. The van der Waals surface area contributed by atoms with E-state index in [1.165, 1.54) is 0 Å². The molecule has 0 saturated carbocycles. The third-order valence-corrected chi connectivity index (χ3v) is 4.36. The molecule has 9 nitrogen and oxygen atoms in total. The van der Waals surface area contributed by atoms with Crippen molar-refractivity contribution in [1.29, 1.82) is 5.26 Å². The molecule has 148 valence electrons. The van der Waals surface area contributed by atoms with Crippen LogP contribution in [0.15, 0.2) is 4.42 Å². The fourth-order valence-corrected chi connectivity index (χ4v) is 3.00. The first-order valence-corrected chi connectivity index (χ1v) is 9.26. The Morgan fingerprint density at radius 3 is 2.52 bits per heavy atom. The van der Waals surface area contributed by atoms with Crippen LogP contribution in [0.3, 0.4) is 0 Å². The Morgan fingerprint density at radius 1 is 1.30 bits per heavy atom. The molecule has 1 fully saturated rings. The number of nitrogens with one attached hydrogen (secondary N) is 1. The molecule has 1 aromatic rings. The molecule has 2 heterocycles. The van der Waals surface area contributed by atoms with Crippen molar-refractivity contribution in [3.05, 3.63) is 11.6 Å². The molecule has 1 N–H and O–H groups in total. The number of hydrogen-bond acceptors (Lipinski definition) is 7. The number of carbonyl (C=O) groups excluding carboxylic acids is 2. The van der Waals surface area contributed by atoms with Gasteiger partial charge in [0.05, 0.1) is 13.1 Å². The molecule has 0 unspecified atom stereocenters. The number of nitriles is 1. The summed E-state index contributed by atoms with van der Waals surface area (Å²) in [4.78, 5) is 34.1. The number of anilines is 1. The van der Waals surface area contributed by atoms with E-state index < -0.39 is 0 Å². The Bertz CT molecular complexity index is 700. The molecule has 1 saturated heterocycles. The molecule has 1 aliphatic rings. The Hall–Kier alpha value is -2.60. The number of rotatable bonds is 7. The molecule has 9 heteroatoms. The smallest absolute Gasteiger partial charge is 0.236 e. The van der Waals surface area contributed by atoms with Crippen LogP contribution in [0, 0.1) is 18.3 Å². The van der Waals surface area contributed by atoms with E-state index in [1.54, 1.807) is 11.8 Å². The summed E-state index contributed by atoms with van der Waals surface area (Å²) in [5.41, 5.74) is 0.278. The van der Waals surface area contributed by atoms with Crippen LogP contribution in [-0.4, -0.2) is 78.5 Å². The maximum Gasteiger partial charge on any atom is 0.236 e. The van der Waals surface area contributed by atoms with Crippen LogP contribution < -0.4 is 10.2 Å². The number of oxazole rings is 1. The Labute approximate surface area is 159 Å². The monoisotopic (exact) mass is 376 g/mol. The average Bonchev–Trinajstić information content (AvgIpc) is 3.01. The van der Waals surface area contributed by atoms with Gasteiger partial charge in [-0.1, -0.05) is 6.92 Å². The van der Waals surface area contributed by atoms with Crippen LogP contribution in [0.4, 0.5) is 5.88 Å². The van der Waals surface area contributed by atoms with Gasteiger partial charge in [-0.3, -0.25) is 14.5 Å². The number of amides is 2. The predicted molar refractivity (Wildman–Crippen MR) is 100 cm³/mol. The summed E-state index contributed by atoms with van der Waals surface area (Å²) >= 11 is 0. The quantitative estimate of drug-likeness (QED) is 0.732. The van der Waals surface area contributed by atoms with E-state index in [9.17, 15) is 9.59 Å². The van der Waals surface area contributed by atoms with E-state index in [0.29, 0.717) is 44.5 Å². The molecule has 1 aromatic heterocycles. The van der Waals surface area contributed by atoms with Crippen molar-refractivity contribution in [3.63, 3.8) is 0 Å². The zero-order valence-electron chi connectivity index (χ0n) is 16.5. The zero-order chi connectivity index (χ0) is 20.0. The zero-order valence-corrected chi connectivity index (χ0v) is 16.5. The maximum absolute atomic E-state index is 12.6. The Kier molecular flexibility index (Phi) is 7.19. The van der Waals surface area contributed by atoms with Gasteiger partial charge in [-0.25, -0.2) is 4.98 Å². The van der Waals surface area contributed by atoms with Gasteiger partial charge in [0.2, 0.25) is 23.4 Å². The lowest BCUT2D eigenvalue weighted by Crippen LogP contribution is -2.52. The first-order chi connectivity index (χ1) is 12.8. The summed E-state index contributed by atoms with van der Waals surface area (Å²) in [7, 11) is 0. The lowest BCUT2D eigenvalue weighted by atomic mass is 10.3. The van der Waals surface area contributed by atoms with Crippen LogP contribution in [0.1, 0.15) is 32.4 Å². The average molecular weight is 376 g/mol. The second-order valence-electron chi connectivity index (χ2n) is 6.89. The van der Waals surface area contributed by atoms with E-state index in [-0.39, 0.29) is 36.6 Å². The molecule has 0 aromatic carbocycles. The van der Waals surface area contributed by atoms with Crippen molar-refractivity contribution in [2.45, 2.75) is 33.7 Å². The van der Waals surface area contributed by atoms with Gasteiger partial charge in [-0.2, -0.15) is 5.26 Å². The van der Waals surface area contributed by atoms with Crippen molar-refractivity contribution in [1.82, 2.24) is 20.1 Å². The third-order valence-electron chi connectivity index (χ3n) is 4.36. The molecular weight excluding hydrogens is 348 g/mol. The molecule has 0 aliphatic carbocycles. The van der Waals surface area contributed by atoms with Crippen molar-refractivity contribution < 1.29 is 14.0 Å². The molecule has 27 heavy (non-hydrogen) atoms. The van der Waals surface area contributed by atoms with Gasteiger partial charge >= 0.3 is 0 Å². The van der Waals surface area contributed by atoms with Gasteiger partial charge in [-0.05, 0) is 20.4 Å². The van der Waals surface area contributed by atoms with Gasteiger partial charge < -0.3 is 19.5 Å². The summed E-state index contributed by atoms with van der Waals surface area (Å²) in [5.74, 6) is 0.859. The normalized spacial score (nSPS) is 14.6. The number of carbonyl (C=O) groups is 2. The van der Waals surface area contributed by atoms with Gasteiger partial charge in [0.25, 0.3) is 0 Å². The first kappa shape index (κ1) is 20.7. The van der Waals surface area contributed by atoms with E-state index in [2.05, 4.69) is 10.3 Å². The molecule has 2 amide bonds. The largest absolute Gasteiger partial charge is 0.424 e. The lowest BCUT2D eigenvalue weighted by molar-refractivity contribution is -0.133. The van der Waals surface area contributed by atoms with Crippen LogP contribution in [0.25, 0.3) is 0 Å². The second kappa shape index (κ2) is 9.37. The molecule has 0 radical (unpaired) electrons. The minimum absolute atomic E-state index is 0.00287. The van der Waals surface area contributed by atoms with Crippen molar-refractivity contribution >= 4 is 17.7 Å². The summed E-state index contributed by atoms with van der Waals surface area (Å²) in [6.45, 7) is 10.8. The fourth-order valence-electron chi connectivity index (χ4n) is 3.00. The summed E-state index contributed by atoms with van der Waals surface area (Å²) in [5, 5.41) is 12.0. The predicted octanol–water partition coefficient (Wildman–Crippen LogP) is 0.350. The number of nitrogens with zero attached hydrogens (tertiary/aromatic N) is 5. The summed E-state index contributed by atoms with van der Waals surface area (Å²) in [6.07, 6.45) is 0. The number of piperazine rings is 1. The second-order valence-corrected chi connectivity index (χ2v) is 6.89. The molecular formula is C18H28N6O3. The van der Waals surface area contributed by atoms with E-state index >= 15 is 0 Å². The van der Waals surface area contributed by atoms with Crippen LogP contribution in [0.5, 0.6) is 0 Å². The highest BCUT2D eigenvalue weighted by Crippen LogP contribution is 2.22. The highest BCUT2D eigenvalue weighted by molar-refractivity contribution is 5.81. The van der Waals surface area contributed by atoms with Crippen molar-refractivity contribution in [2.75, 3.05) is 50.7 Å². The molecule has 2 rings (SSSR count). The SMILES string of the molecule is CCN(CC(=O)NC(C)C)CC(=O)N1CCN(c2oc(C)nc2C#N)CC1. The minimum atomic E-state index is -0.0748. The molecule has 0 bridgehead atoms. The van der Waals surface area contributed by atoms with Crippen molar-refractivity contribution in [2.24, 2.45) is 0 Å². The third kappa shape index (κ3) is 5.69. The Morgan fingerprint density at radius 2 is 1.96 bits per heavy atom. The molecule has 0 spiro atoms. The van der Waals surface area contributed by atoms with Crippen LogP contribution in [0.2, 0.25) is 0 Å².